The number of oxime groups is 1. The number of benzene rings is 3. The first-order valence-electron chi connectivity index (χ1n) is 9.15. The van der Waals surface area contributed by atoms with Crippen LogP contribution >= 0.6 is 0 Å². The van der Waals surface area contributed by atoms with Crippen LogP contribution in [0.15, 0.2) is 71.9 Å². The molecule has 3 aromatic rings. The number of nitrogens with zero attached hydrogens (tertiary/aromatic N) is 1. The molecule has 0 saturated heterocycles. The molecule has 0 amide bonds. The molecule has 8 heteroatoms. The van der Waals surface area contributed by atoms with Crippen molar-refractivity contribution in [3.63, 3.8) is 0 Å². The van der Waals surface area contributed by atoms with Gasteiger partial charge in [0.1, 0.15) is 6.61 Å². The van der Waals surface area contributed by atoms with E-state index in [0.29, 0.717) is 24.4 Å². The maximum atomic E-state index is 13.1. The van der Waals surface area contributed by atoms with Crippen molar-refractivity contribution in [3.05, 3.63) is 94.5 Å². The summed E-state index contributed by atoms with van der Waals surface area (Å²) in [4.78, 5) is 5.11. The summed E-state index contributed by atoms with van der Waals surface area (Å²) >= 11 is 0. The third kappa shape index (κ3) is 5.45. The molecular weight excluding hydrogens is 420 g/mol. The van der Waals surface area contributed by atoms with Crippen molar-refractivity contribution in [2.24, 2.45) is 5.16 Å². The third-order valence-electron chi connectivity index (χ3n) is 4.70. The van der Waals surface area contributed by atoms with Gasteiger partial charge >= 0.3 is 12.4 Å². The minimum atomic E-state index is -4.83. The monoisotopic (exact) mass is 437 g/mol. The van der Waals surface area contributed by atoms with E-state index < -0.39 is 29.0 Å². The molecule has 0 spiro atoms. The molecule has 162 valence electrons. The fourth-order valence-corrected chi connectivity index (χ4v) is 3.08. The van der Waals surface area contributed by atoms with E-state index in [9.17, 15) is 26.3 Å². The van der Waals surface area contributed by atoms with Gasteiger partial charge < -0.3 is 4.84 Å². The Morgan fingerprint density at radius 2 is 1.55 bits per heavy atom. The van der Waals surface area contributed by atoms with Crippen molar-refractivity contribution in [1.82, 2.24) is 0 Å². The average molecular weight is 437 g/mol. The lowest BCUT2D eigenvalue weighted by Gasteiger charge is -2.13. The van der Waals surface area contributed by atoms with Gasteiger partial charge in [-0.05, 0) is 47.4 Å². The van der Waals surface area contributed by atoms with Gasteiger partial charge in [0.15, 0.2) is 0 Å². The highest BCUT2D eigenvalue weighted by Gasteiger charge is 2.36. The maximum Gasteiger partial charge on any atom is 0.417 e. The Balaban J connectivity index is 1.80. The highest BCUT2D eigenvalue weighted by Crippen LogP contribution is 2.36. The lowest BCUT2D eigenvalue weighted by Crippen LogP contribution is -2.12. The predicted molar refractivity (Wildman–Crippen MR) is 105 cm³/mol. The molecule has 31 heavy (non-hydrogen) atoms. The quantitative estimate of drug-likeness (QED) is 0.234. The van der Waals surface area contributed by atoms with Crippen LogP contribution in [0.1, 0.15) is 27.8 Å². The smallest absolute Gasteiger partial charge is 0.391 e. The van der Waals surface area contributed by atoms with Crippen LogP contribution in [-0.2, 0) is 23.8 Å². The van der Waals surface area contributed by atoms with E-state index in [1.54, 1.807) is 6.07 Å². The zero-order valence-electron chi connectivity index (χ0n) is 16.3. The maximum absolute atomic E-state index is 13.1. The Hall–Kier alpha value is -3.29. The summed E-state index contributed by atoms with van der Waals surface area (Å²) in [6, 6.07) is 16.3. The summed E-state index contributed by atoms with van der Waals surface area (Å²) in [7, 11) is 0. The summed E-state index contributed by atoms with van der Waals surface area (Å²) in [6.45, 7) is 1.82. The first-order chi connectivity index (χ1) is 14.6. The number of hydrogen-bond acceptors (Lipinski definition) is 2. The molecule has 0 radical (unpaired) electrons. The molecule has 0 aromatic heterocycles. The van der Waals surface area contributed by atoms with Crippen LogP contribution in [0.3, 0.4) is 0 Å². The van der Waals surface area contributed by atoms with E-state index in [1.165, 1.54) is 0 Å². The molecule has 0 aliphatic carbocycles. The molecule has 0 saturated carbocycles. The largest absolute Gasteiger partial charge is 0.417 e. The van der Waals surface area contributed by atoms with Crippen LogP contribution in [0.25, 0.3) is 11.1 Å². The van der Waals surface area contributed by atoms with Crippen molar-refractivity contribution >= 4 is 6.21 Å². The van der Waals surface area contributed by atoms with Gasteiger partial charge in [-0.25, -0.2) is 0 Å². The van der Waals surface area contributed by atoms with Crippen LogP contribution in [0.5, 0.6) is 0 Å². The number of rotatable bonds is 5. The Morgan fingerprint density at radius 1 is 0.839 bits per heavy atom. The normalized spacial score (nSPS) is 12.4. The molecule has 3 aromatic carbocycles. The topological polar surface area (TPSA) is 21.6 Å². The van der Waals surface area contributed by atoms with Crippen molar-refractivity contribution in [3.8, 4) is 11.1 Å². The van der Waals surface area contributed by atoms with Crippen LogP contribution in [-0.4, -0.2) is 6.21 Å². The van der Waals surface area contributed by atoms with E-state index in [4.69, 9.17) is 4.84 Å². The van der Waals surface area contributed by atoms with Gasteiger partial charge in [0, 0.05) is 5.56 Å². The van der Waals surface area contributed by atoms with E-state index in [0.717, 1.165) is 22.3 Å². The van der Waals surface area contributed by atoms with Crippen LogP contribution in [0, 0.1) is 6.92 Å². The van der Waals surface area contributed by atoms with Crippen molar-refractivity contribution in [2.75, 3.05) is 0 Å². The standard InChI is InChI=1S/C23H17F6NO/c1-15-17(8-5-9-20(15)16-6-3-2-4-7-16)14-31-30-13-18-12-19(22(24,25)26)10-11-21(18)23(27,28)29/h2-13H,14H2,1H3. The van der Waals surface area contributed by atoms with Gasteiger partial charge in [-0.1, -0.05) is 53.7 Å². The zero-order valence-corrected chi connectivity index (χ0v) is 16.3. The molecule has 0 aliphatic rings. The molecule has 0 unspecified atom stereocenters. The SMILES string of the molecule is Cc1c(CON=Cc2cc(C(F)(F)F)ccc2C(F)(F)F)cccc1-c1ccccc1. The molecule has 0 aliphatic heterocycles. The van der Waals surface area contributed by atoms with Gasteiger partial charge in [0.2, 0.25) is 0 Å². The molecule has 0 bridgehead atoms. The summed E-state index contributed by atoms with van der Waals surface area (Å²) < 4.78 is 78.0. The van der Waals surface area contributed by atoms with Crippen LogP contribution in [0.4, 0.5) is 26.3 Å². The summed E-state index contributed by atoms with van der Waals surface area (Å²) in [5.41, 5.74) is 0.449. The van der Waals surface area contributed by atoms with Gasteiger partial charge in [0.05, 0.1) is 17.3 Å². The summed E-state index contributed by atoms with van der Waals surface area (Å²) in [5, 5.41) is 3.49. The predicted octanol–water partition coefficient (Wildman–Crippen LogP) is 7.25. The Kier molecular flexibility index (Phi) is 6.38. The first-order valence-corrected chi connectivity index (χ1v) is 9.15. The molecule has 0 N–H and O–H groups in total. The second-order valence-electron chi connectivity index (χ2n) is 6.76. The lowest BCUT2D eigenvalue weighted by molar-refractivity contribution is -0.141. The van der Waals surface area contributed by atoms with E-state index in [1.807, 2.05) is 49.4 Å². The molecular formula is C23H17F6NO. The molecule has 2 nitrogen and oxygen atoms in total. The highest BCUT2D eigenvalue weighted by molar-refractivity contribution is 5.82. The van der Waals surface area contributed by atoms with E-state index in [2.05, 4.69) is 5.16 Å². The van der Waals surface area contributed by atoms with Gasteiger partial charge in [0.25, 0.3) is 0 Å². The minimum Gasteiger partial charge on any atom is -0.391 e. The number of alkyl halides is 6. The second kappa shape index (κ2) is 8.83. The van der Waals surface area contributed by atoms with Crippen LogP contribution in [0.2, 0.25) is 0 Å². The summed E-state index contributed by atoms with van der Waals surface area (Å²) in [6.07, 6.45) is -8.96. The van der Waals surface area contributed by atoms with E-state index >= 15 is 0 Å². The fourth-order valence-electron chi connectivity index (χ4n) is 3.08. The first kappa shape index (κ1) is 22.4. The summed E-state index contributed by atoms with van der Waals surface area (Å²) in [5.74, 6) is 0. The van der Waals surface area contributed by atoms with Crippen molar-refractivity contribution in [1.29, 1.82) is 0 Å². The molecule has 0 atom stereocenters. The van der Waals surface area contributed by atoms with Crippen molar-refractivity contribution in [2.45, 2.75) is 25.9 Å². The highest BCUT2D eigenvalue weighted by atomic mass is 19.4. The van der Waals surface area contributed by atoms with Crippen molar-refractivity contribution < 1.29 is 31.2 Å². The second-order valence-corrected chi connectivity index (χ2v) is 6.76. The third-order valence-corrected chi connectivity index (χ3v) is 4.70. The van der Waals surface area contributed by atoms with Gasteiger partial charge in [-0.15, -0.1) is 0 Å². The van der Waals surface area contributed by atoms with E-state index in [-0.39, 0.29) is 6.61 Å². The number of hydrogen-bond donors (Lipinski definition) is 0. The van der Waals surface area contributed by atoms with Gasteiger partial charge in [-0.2, -0.15) is 26.3 Å². The zero-order chi connectivity index (χ0) is 22.6. The Labute approximate surface area is 174 Å². The molecule has 0 fully saturated rings. The van der Waals surface area contributed by atoms with Gasteiger partial charge in [-0.3, -0.25) is 0 Å². The minimum absolute atomic E-state index is 0.0523. The van der Waals surface area contributed by atoms with Crippen LogP contribution < -0.4 is 0 Å². The average Bonchev–Trinajstić information content (AvgIpc) is 2.71. The fraction of sp³-hybridized carbons (Fsp3) is 0.174. The number of halogens is 6. The molecule has 0 heterocycles. The molecule has 3 rings (SSSR count). The lowest BCUT2D eigenvalue weighted by atomic mass is 9.97. The Bertz CT molecular complexity index is 1070. The Morgan fingerprint density at radius 3 is 2.19 bits per heavy atom.